The minimum Gasteiger partial charge on any atom is -0.477 e. The number of aliphatic hydroxyl groups is 1. The first kappa shape index (κ1) is 23.9. The molecule has 1 aromatic heterocycles. The molecule has 1 atom stereocenters. The van der Waals surface area contributed by atoms with Gasteiger partial charge in [-0.3, -0.25) is 9.59 Å². The van der Waals surface area contributed by atoms with E-state index in [1.807, 2.05) is 6.07 Å². The van der Waals surface area contributed by atoms with Gasteiger partial charge in [-0.2, -0.15) is 0 Å². The Labute approximate surface area is 188 Å². The SMILES string of the molecule is CC(O)CCCN(C(=O)C1CCC(C)CC1)c1cc(C2CCC(=O)CC2)sc1C(=O)O. The average Bonchev–Trinajstić information content (AvgIpc) is 3.17. The number of ketones is 1. The summed E-state index contributed by atoms with van der Waals surface area (Å²) in [6.07, 6.45) is 7.03. The molecule has 0 saturated heterocycles. The molecule has 0 bridgehead atoms. The summed E-state index contributed by atoms with van der Waals surface area (Å²) in [4.78, 5) is 40.1. The van der Waals surface area contributed by atoms with Gasteiger partial charge in [0.15, 0.2) is 0 Å². The quantitative estimate of drug-likeness (QED) is 0.583. The second kappa shape index (κ2) is 10.7. The molecule has 2 aliphatic carbocycles. The summed E-state index contributed by atoms with van der Waals surface area (Å²) in [5, 5.41) is 19.6. The fourth-order valence-corrected chi connectivity index (χ4v) is 5.97. The first-order valence-electron chi connectivity index (χ1n) is 11.6. The highest BCUT2D eigenvalue weighted by molar-refractivity contribution is 7.14. The summed E-state index contributed by atoms with van der Waals surface area (Å²) in [5.41, 5.74) is 0.499. The van der Waals surface area contributed by atoms with Gasteiger partial charge in [-0.15, -0.1) is 11.3 Å². The fraction of sp³-hybridized carbons (Fsp3) is 0.708. The second-order valence-corrected chi connectivity index (χ2v) is 10.5. The molecule has 7 heteroatoms. The standard InChI is InChI=1S/C24H35NO5S/c1-15-5-7-18(8-6-15)23(28)25(13-3-4-16(2)26)20-14-21(31-22(20)24(29)30)17-9-11-19(27)12-10-17/h14-18,26H,3-13H2,1-2H3,(H,29,30). The molecule has 1 aromatic rings. The van der Waals surface area contributed by atoms with Gasteiger partial charge in [0.05, 0.1) is 11.8 Å². The Balaban J connectivity index is 1.87. The van der Waals surface area contributed by atoms with E-state index in [1.165, 1.54) is 11.3 Å². The van der Waals surface area contributed by atoms with E-state index in [9.17, 15) is 24.6 Å². The largest absolute Gasteiger partial charge is 0.477 e. The zero-order valence-corrected chi connectivity index (χ0v) is 19.5. The summed E-state index contributed by atoms with van der Waals surface area (Å²) < 4.78 is 0. The normalized spacial score (nSPS) is 23.5. The predicted octanol–water partition coefficient (Wildman–Crippen LogP) is 4.99. The number of aromatic carboxylic acids is 1. The number of hydrogen-bond donors (Lipinski definition) is 2. The van der Waals surface area contributed by atoms with Gasteiger partial charge in [0, 0.05) is 30.2 Å². The summed E-state index contributed by atoms with van der Waals surface area (Å²) in [6.45, 7) is 4.35. The molecular weight excluding hydrogens is 414 g/mol. The molecule has 2 fully saturated rings. The lowest BCUT2D eigenvalue weighted by Gasteiger charge is -2.31. The second-order valence-electron chi connectivity index (χ2n) is 9.42. The highest BCUT2D eigenvalue weighted by Crippen LogP contribution is 2.41. The van der Waals surface area contributed by atoms with Crippen molar-refractivity contribution in [3.63, 3.8) is 0 Å². The molecule has 0 spiro atoms. The lowest BCUT2D eigenvalue weighted by molar-refractivity contribution is -0.123. The van der Waals surface area contributed by atoms with Crippen LogP contribution in [0.1, 0.15) is 98.5 Å². The van der Waals surface area contributed by atoms with Crippen LogP contribution in [-0.4, -0.2) is 40.5 Å². The van der Waals surface area contributed by atoms with Crippen LogP contribution in [0.3, 0.4) is 0 Å². The number of aliphatic hydroxyl groups excluding tert-OH is 1. The molecular formula is C24H35NO5S. The maximum atomic E-state index is 13.5. The maximum Gasteiger partial charge on any atom is 0.348 e. The summed E-state index contributed by atoms with van der Waals surface area (Å²) in [6, 6.07) is 1.89. The van der Waals surface area contributed by atoms with Crippen LogP contribution in [0.2, 0.25) is 0 Å². The number of carbonyl (C=O) groups excluding carboxylic acids is 2. The van der Waals surface area contributed by atoms with Crippen molar-refractivity contribution in [3.8, 4) is 0 Å². The molecule has 2 N–H and O–H groups in total. The summed E-state index contributed by atoms with van der Waals surface area (Å²) >= 11 is 1.25. The Bertz CT molecular complexity index is 784. The van der Waals surface area contributed by atoms with E-state index in [0.29, 0.717) is 43.8 Å². The molecule has 0 aliphatic heterocycles. The van der Waals surface area contributed by atoms with Gasteiger partial charge in [-0.05, 0) is 76.2 Å². The van der Waals surface area contributed by atoms with E-state index in [4.69, 9.17) is 0 Å². The number of amides is 1. The summed E-state index contributed by atoms with van der Waals surface area (Å²) in [7, 11) is 0. The number of thiophene rings is 1. The third kappa shape index (κ3) is 6.16. The molecule has 1 amide bonds. The van der Waals surface area contributed by atoms with E-state index < -0.39 is 12.1 Å². The summed E-state index contributed by atoms with van der Waals surface area (Å²) in [5.74, 6) is 0.0171. The van der Waals surface area contributed by atoms with Crippen molar-refractivity contribution in [2.24, 2.45) is 11.8 Å². The highest BCUT2D eigenvalue weighted by atomic mass is 32.1. The van der Waals surface area contributed by atoms with Crippen LogP contribution < -0.4 is 4.90 Å². The van der Waals surface area contributed by atoms with Crippen molar-refractivity contribution in [3.05, 3.63) is 15.8 Å². The Hall–Kier alpha value is -1.73. The molecule has 3 rings (SSSR count). The lowest BCUT2D eigenvalue weighted by Crippen LogP contribution is -2.39. The zero-order valence-electron chi connectivity index (χ0n) is 18.6. The smallest absolute Gasteiger partial charge is 0.348 e. The first-order valence-corrected chi connectivity index (χ1v) is 12.5. The van der Waals surface area contributed by atoms with Crippen molar-refractivity contribution in [1.29, 1.82) is 0 Å². The van der Waals surface area contributed by atoms with Gasteiger partial charge in [0.25, 0.3) is 0 Å². The monoisotopic (exact) mass is 449 g/mol. The van der Waals surface area contributed by atoms with E-state index in [-0.39, 0.29) is 28.4 Å². The molecule has 2 aliphatic rings. The minimum absolute atomic E-state index is 0.0168. The van der Waals surface area contributed by atoms with Crippen molar-refractivity contribution in [2.75, 3.05) is 11.4 Å². The first-order chi connectivity index (χ1) is 14.8. The third-order valence-electron chi connectivity index (χ3n) is 6.80. The number of carboxylic acids is 1. The zero-order chi connectivity index (χ0) is 22.5. The van der Waals surface area contributed by atoms with E-state index in [0.717, 1.165) is 43.4 Å². The lowest BCUT2D eigenvalue weighted by atomic mass is 9.82. The molecule has 0 radical (unpaired) electrons. The van der Waals surface area contributed by atoms with Crippen LogP contribution in [0.5, 0.6) is 0 Å². The van der Waals surface area contributed by atoms with Gasteiger partial charge >= 0.3 is 5.97 Å². The Kier molecular flexibility index (Phi) is 8.28. The van der Waals surface area contributed by atoms with E-state index in [1.54, 1.807) is 11.8 Å². The molecule has 172 valence electrons. The van der Waals surface area contributed by atoms with Crippen LogP contribution in [0.25, 0.3) is 0 Å². The molecule has 1 unspecified atom stereocenters. The van der Waals surface area contributed by atoms with Gasteiger partial charge in [0.2, 0.25) is 5.91 Å². The molecule has 6 nitrogen and oxygen atoms in total. The highest BCUT2D eigenvalue weighted by Gasteiger charge is 2.33. The minimum atomic E-state index is -1.01. The van der Waals surface area contributed by atoms with Crippen molar-refractivity contribution >= 4 is 34.7 Å². The van der Waals surface area contributed by atoms with Crippen LogP contribution in [-0.2, 0) is 9.59 Å². The molecule has 31 heavy (non-hydrogen) atoms. The average molecular weight is 450 g/mol. The van der Waals surface area contributed by atoms with Gasteiger partial charge in [-0.1, -0.05) is 6.92 Å². The number of carboxylic acid groups (broad SMARTS) is 1. The predicted molar refractivity (Wildman–Crippen MR) is 122 cm³/mol. The Morgan fingerprint density at radius 2 is 1.81 bits per heavy atom. The Morgan fingerprint density at radius 3 is 2.39 bits per heavy atom. The number of nitrogens with zero attached hydrogens (tertiary/aromatic N) is 1. The van der Waals surface area contributed by atoms with Crippen molar-refractivity contribution in [2.45, 2.75) is 90.1 Å². The number of Topliss-reactive ketones (excluding diaryl/α,β-unsaturated/α-hetero) is 1. The van der Waals surface area contributed by atoms with Crippen molar-refractivity contribution < 1.29 is 24.6 Å². The molecule has 1 heterocycles. The molecule has 0 aromatic carbocycles. The topological polar surface area (TPSA) is 94.9 Å². The number of anilines is 1. The van der Waals surface area contributed by atoms with Crippen LogP contribution in [0.4, 0.5) is 5.69 Å². The Morgan fingerprint density at radius 1 is 1.16 bits per heavy atom. The fourth-order valence-electron chi connectivity index (χ4n) is 4.80. The van der Waals surface area contributed by atoms with Crippen LogP contribution in [0.15, 0.2) is 6.07 Å². The molecule has 2 saturated carbocycles. The van der Waals surface area contributed by atoms with Gasteiger partial charge in [0.1, 0.15) is 10.7 Å². The van der Waals surface area contributed by atoms with Crippen molar-refractivity contribution in [1.82, 2.24) is 0 Å². The third-order valence-corrected chi connectivity index (χ3v) is 8.07. The number of carbonyl (C=O) groups is 3. The van der Waals surface area contributed by atoms with E-state index >= 15 is 0 Å². The number of hydrogen-bond acceptors (Lipinski definition) is 5. The van der Waals surface area contributed by atoms with Gasteiger partial charge < -0.3 is 15.1 Å². The number of rotatable bonds is 8. The van der Waals surface area contributed by atoms with Crippen LogP contribution >= 0.6 is 11.3 Å². The maximum absolute atomic E-state index is 13.5. The van der Waals surface area contributed by atoms with E-state index in [2.05, 4.69) is 6.92 Å². The van der Waals surface area contributed by atoms with Gasteiger partial charge in [-0.25, -0.2) is 4.79 Å². The van der Waals surface area contributed by atoms with Crippen LogP contribution in [0, 0.1) is 11.8 Å².